The van der Waals surface area contributed by atoms with Crippen LogP contribution in [-0.4, -0.2) is 30.9 Å². The first-order valence-corrected chi connectivity index (χ1v) is 11.3. The lowest BCUT2D eigenvalue weighted by atomic mass is 10.1. The summed E-state index contributed by atoms with van der Waals surface area (Å²) in [6.07, 6.45) is 0.589. The van der Waals surface area contributed by atoms with Crippen molar-refractivity contribution in [1.29, 1.82) is 0 Å². The molecule has 0 heterocycles. The predicted molar refractivity (Wildman–Crippen MR) is 132 cm³/mol. The zero-order valence-electron chi connectivity index (χ0n) is 19.1. The van der Waals surface area contributed by atoms with Crippen LogP contribution in [0.4, 0.5) is 5.69 Å². The highest BCUT2D eigenvalue weighted by atomic mass is 16.5. The van der Waals surface area contributed by atoms with Crippen molar-refractivity contribution in [2.75, 3.05) is 18.5 Å². The second-order valence-corrected chi connectivity index (χ2v) is 7.56. The summed E-state index contributed by atoms with van der Waals surface area (Å²) >= 11 is 0. The highest BCUT2D eigenvalue weighted by molar-refractivity contribution is 5.98. The SMILES string of the molecule is CCOc1ccccc1C(=O)NCCCC(=O)NC(C(=O)Nc1ccccc1)c1ccccc1. The van der Waals surface area contributed by atoms with Crippen LogP contribution in [0.15, 0.2) is 84.9 Å². The fourth-order valence-electron chi connectivity index (χ4n) is 3.40. The molecule has 7 heteroatoms. The Bertz CT molecular complexity index is 1090. The number of anilines is 1. The van der Waals surface area contributed by atoms with E-state index in [0.29, 0.717) is 42.1 Å². The average Bonchev–Trinajstić information content (AvgIpc) is 2.86. The van der Waals surface area contributed by atoms with Crippen LogP contribution in [0.1, 0.15) is 41.7 Å². The lowest BCUT2D eigenvalue weighted by Crippen LogP contribution is -2.37. The third-order valence-electron chi connectivity index (χ3n) is 5.04. The van der Waals surface area contributed by atoms with E-state index in [0.717, 1.165) is 0 Å². The Morgan fingerprint density at radius 1 is 0.853 bits per heavy atom. The summed E-state index contributed by atoms with van der Waals surface area (Å²) in [4.78, 5) is 38.0. The first kappa shape index (κ1) is 24.5. The molecule has 176 valence electrons. The van der Waals surface area contributed by atoms with Crippen molar-refractivity contribution in [3.05, 3.63) is 96.1 Å². The monoisotopic (exact) mass is 459 g/mol. The molecule has 0 spiro atoms. The largest absolute Gasteiger partial charge is 0.493 e. The molecule has 3 aromatic carbocycles. The van der Waals surface area contributed by atoms with Gasteiger partial charge in [-0.05, 0) is 43.2 Å². The van der Waals surface area contributed by atoms with E-state index in [4.69, 9.17) is 4.74 Å². The van der Waals surface area contributed by atoms with E-state index in [1.165, 1.54) is 0 Å². The van der Waals surface area contributed by atoms with Gasteiger partial charge in [-0.25, -0.2) is 0 Å². The van der Waals surface area contributed by atoms with E-state index < -0.39 is 6.04 Å². The molecule has 0 saturated heterocycles. The third-order valence-corrected chi connectivity index (χ3v) is 5.04. The third kappa shape index (κ3) is 7.20. The number of carbonyl (C=O) groups is 3. The van der Waals surface area contributed by atoms with Crippen LogP contribution in [0, 0.1) is 0 Å². The average molecular weight is 460 g/mol. The highest BCUT2D eigenvalue weighted by Crippen LogP contribution is 2.18. The number of rotatable bonds is 11. The molecule has 0 aliphatic rings. The van der Waals surface area contributed by atoms with Crippen LogP contribution >= 0.6 is 0 Å². The minimum Gasteiger partial charge on any atom is -0.493 e. The molecular weight excluding hydrogens is 430 g/mol. The number of nitrogens with one attached hydrogen (secondary N) is 3. The van der Waals surface area contributed by atoms with E-state index >= 15 is 0 Å². The van der Waals surface area contributed by atoms with Crippen LogP contribution in [0.3, 0.4) is 0 Å². The topological polar surface area (TPSA) is 96.5 Å². The van der Waals surface area contributed by atoms with Crippen LogP contribution in [0.2, 0.25) is 0 Å². The lowest BCUT2D eigenvalue weighted by Gasteiger charge is -2.19. The first-order valence-electron chi connectivity index (χ1n) is 11.3. The molecule has 3 rings (SSSR count). The maximum Gasteiger partial charge on any atom is 0.255 e. The molecule has 1 atom stereocenters. The summed E-state index contributed by atoms with van der Waals surface area (Å²) in [6, 6.07) is 24.4. The molecule has 0 radical (unpaired) electrons. The van der Waals surface area contributed by atoms with E-state index in [2.05, 4.69) is 16.0 Å². The van der Waals surface area contributed by atoms with Gasteiger partial charge in [0, 0.05) is 18.7 Å². The Morgan fingerprint density at radius 3 is 2.21 bits per heavy atom. The standard InChI is InChI=1S/C27H29N3O4/c1-2-34-23-17-10-9-16-22(23)26(32)28-19-11-18-24(31)30-25(20-12-5-3-6-13-20)27(33)29-21-14-7-4-8-15-21/h3-10,12-17,25H,2,11,18-19H2,1H3,(H,28,32)(H,29,33)(H,30,31). The summed E-state index contributed by atoms with van der Waals surface area (Å²) in [5, 5.41) is 8.47. The number of hydrogen-bond donors (Lipinski definition) is 3. The van der Waals surface area contributed by atoms with Gasteiger partial charge in [0.2, 0.25) is 5.91 Å². The summed E-state index contributed by atoms with van der Waals surface area (Å²) in [7, 11) is 0. The van der Waals surface area contributed by atoms with Gasteiger partial charge in [0.25, 0.3) is 11.8 Å². The quantitative estimate of drug-likeness (QED) is 0.376. The molecule has 7 nitrogen and oxygen atoms in total. The Kier molecular flexibility index (Phi) is 9.22. The van der Waals surface area contributed by atoms with Gasteiger partial charge >= 0.3 is 0 Å². The minimum absolute atomic E-state index is 0.162. The molecule has 0 aliphatic carbocycles. The molecule has 3 amide bonds. The van der Waals surface area contributed by atoms with Gasteiger partial charge in [-0.3, -0.25) is 14.4 Å². The van der Waals surface area contributed by atoms with Crippen molar-refractivity contribution in [2.24, 2.45) is 0 Å². The Labute approximate surface area is 199 Å². The number of benzene rings is 3. The van der Waals surface area contributed by atoms with Gasteiger partial charge in [-0.1, -0.05) is 60.7 Å². The van der Waals surface area contributed by atoms with Gasteiger partial charge in [-0.2, -0.15) is 0 Å². The van der Waals surface area contributed by atoms with Crippen molar-refractivity contribution < 1.29 is 19.1 Å². The summed E-state index contributed by atoms with van der Waals surface area (Å²) in [5.41, 5.74) is 1.79. The highest BCUT2D eigenvalue weighted by Gasteiger charge is 2.22. The van der Waals surface area contributed by atoms with Crippen molar-refractivity contribution in [3.8, 4) is 5.75 Å². The summed E-state index contributed by atoms with van der Waals surface area (Å²) < 4.78 is 5.49. The number of carbonyl (C=O) groups excluding carboxylic acids is 3. The van der Waals surface area contributed by atoms with Gasteiger partial charge in [0.1, 0.15) is 11.8 Å². The predicted octanol–water partition coefficient (Wildman–Crippen LogP) is 4.09. The second-order valence-electron chi connectivity index (χ2n) is 7.56. The van der Waals surface area contributed by atoms with E-state index in [9.17, 15) is 14.4 Å². The van der Waals surface area contributed by atoms with Gasteiger partial charge < -0.3 is 20.7 Å². The zero-order valence-corrected chi connectivity index (χ0v) is 19.1. The summed E-state index contributed by atoms with van der Waals surface area (Å²) in [5.74, 6) is -0.336. The first-order chi connectivity index (χ1) is 16.6. The number of amides is 3. The molecule has 0 saturated carbocycles. The van der Waals surface area contributed by atoms with Crippen molar-refractivity contribution >= 4 is 23.4 Å². The second kappa shape index (κ2) is 12.8. The van der Waals surface area contributed by atoms with Crippen LogP contribution in [0.5, 0.6) is 5.75 Å². The fourth-order valence-corrected chi connectivity index (χ4v) is 3.40. The van der Waals surface area contributed by atoms with Crippen molar-refractivity contribution in [3.63, 3.8) is 0 Å². The molecule has 1 unspecified atom stereocenters. The normalized spacial score (nSPS) is 11.2. The molecule has 0 bridgehead atoms. The molecule has 0 aliphatic heterocycles. The van der Waals surface area contributed by atoms with Crippen molar-refractivity contribution in [2.45, 2.75) is 25.8 Å². The van der Waals surface area contributed by atoms with Crippen molar-refractivity contribution in [1.82, 2.24) is 10.6 Å². The maximum absolute atomic E-state index is 12.9. The van der Waals surface area contributed by atoms with Gasteiger partial charge in [-0.15, -0.1) is 0 Å². The Balaban J connectivity index is 1.53. The van der Waals surface area contributed by atoms with Crippen LogP contribution < -0.4 is 20.7 Å². The van der Waals surface area contributed by atoms with Gasteiger partial charge in [0.15, 0.2) is 0 Å². The lowest BCUT2D eigenvalue weighted by molar-refractivity contribution is -0.126. The fraction of sp³-hybridized carbons (Fsp3) is 0.222. The molecule has 0 aromatic heterocycles. The molecule has 0 fully saturated rings. The zero-order chi connectivity index (χ0) is 24.2. The van der Waals surface area contributed by atoms with Gasteiger partial charge in [0.05, 0.1) is 12.2 Å². The van der Waals surface area contributed by atoms with E-state index in [-0.39, 0.29) is 24.1 Å². The Hall–Kier alpha value is -4.13. The molecule has 3 aromatic rings. The molecule has 3 N–H and O–H groups in total. The number of hydrogen-bond acceptors (Lipinski definition) is 4. The molecular formula is C27H29N3O4. The molecule has 34 heavy (non-hydrogen) atoms. The van der Waals surface area contributed by atoms with Crippen LogP contribution in [-0.2, 0) is 9.59 Å². The van der Waals surface area contributed by atoms with Crippen LogP contribution in [0.25, 0.3) is 0 Å². The Morgan fingerprint density at radius 2 is 1.50 bits per heavy atom. The van der Waals surface area contributed by atoms with E-state index in [1.54, 1.807) is 42.5 Å². The summed E-state index contributed by atoms with van der Waals surface area (Å²) in [6.45, 7) is 2.64. The smallest absolute Gasteiger partial charge is 0.255 e. The number of ether oxygens (including phenoxy) is 1. The van der Waals surface area contributed by atoms with E-state index in [1.807, 2.05) is 49.4 Å². The maximum atomic E-state index is 12.9. The number of para-hydroxylation sites is 2. The minimum atomic E-state index is -0.832.